The molecule has 1 aromatic rings. The molecule has 1 aromatic carbocycles. The van der Waals surface area contributed by atoms with Gasteiger partial charge in [-0.15, -0.1) is 12.4 Å². The number of carbonyl (C=O) groups is 2. The van der Waals surface area contributed by atoms with Gasteiger partial charge in [-0.1, -0.05) is 12.1 Å². The smallest absolute Gasteiger partial charge is 0.319 e. The van der Waals surface area contributed by atoms with Crippen molar-refractivity contribution in [2.45, 2.75) is 32.7 Å². The fraction of sp³-hybridized carbons (Fsp3) is 0.529. The number of urea groups is 1. The Balaban J connectivity index is 0.00000288. The number of amides is 3. The van der Waals surface area contributed by atoms with E-state index in [-0.39, 0.29) is 30.4 Å². The van der Waals surface area contributed by atoms with E-state index in [0.29, 0.717) is 23.7 Å². The number of para-hydroxylation sites is 1. The van der Waals surface area contributed by atoms with Crippen molar-refractivity contribution >= 4 is 30.0 Å². The van der Waals surface area contributed by atoms with Gasteiger partial charge in [0.2, 0.25) is 0 Å². The van der Waals surface area contributed by atoms with Gasteiger partial charge in [0.15, 0.2) is 0 Å². The van der Waals surface area contributed by atoms with E-state index in [2.05, 4.69) is 21.3 Å². The zero-order chi connectivity index (χ0) is 16.7. The van der Waals surface area contributed by atoms with Crippen LogP contribution in [0.1, 0.15) is 37.0 Å². The van der Waals surface area contributed by atoms with Crippen LogP contribution in [-0.2, 0) is 0 Å². The summed E-state index contributed by atoms with van der Waals surface area (Å²) in [5.41, 5.74) is 1.00. The molecule has 1 saturated heterocycles. The van der Waals surface area contributed by atoms with Crippen LogP contribution >= 0.6 is 12.4 Å². The third-order valence-electron chi connectivity index (χ3n) is 3.84. The average molecular weight is 355 g/mol. The predicted molar refractivity (Wildman–Crippen MR) is 98.9 cm³/mol. The Labute approximate surface area is 149 Å². The van der Waals surface area contributed by atoms with Crippen LogP contribution in [0.15, 0.2) is 24.3 Å². The molecule has 1 aliphatic heterocycles. The van der Waals surface area contributed by atoms with E-state index in [1.165, 1.54) is 6.42 Å². The van der Waals surface area contributed by atoms with Crippen molar-refractivity contribution < 1.29 is 9.59 Å². The molecule has 2 rings (SSSR count). The highest BCUT2D eigenvalue weighted by Crippen LogP contribution is 2.15. The Morgan fingerprint density at radius 1 is 1.29 bits per heavy atom. The van der Waals surface area contributed by atoms with Crippen LogP contribution in [0.5, 0.6) is 0 Å². The molecular weight excluding hydrogens is 328 g/mol. The van der Waals surface area contributed by atoms with Crippen molar-refractivity contribution in [3.63, 3.8) is 0 Å². The number of benzene rings is 1. The van der Waals surface area contributed by atoms with E-state index in [1.54, 1.807) is 24.3 Å². The first-order valence-corrected chi connectivity index (χ1v) is 8.21. The van der Waals surface area contributed by atoms with Crippen LogP contribution in [0.25, 0.3) is 0 Å². The molecule has 1 heterocycles. The number of anilines is 1. The first kappa shape index (κ1) is 20.3. The van der Waals surface area contributed by atoms with Gasteiger partial charge in [0, 0.05) is 12.6 Å². The van der Waals surface area contributed by atoms with Crippen molar-refractivity contribution in [1.29, 1.82) is 0 Å². The minimum atomic E-state index is -0.308. The van der Waals surface area contributed by atoms with Crippen molar-refractivity contribution in [3.05, 3.63) is 29.8 Å². The minimum Gasteiger partial charge on any atom is -0.352 e. The Hall–Kier alpha value is -1.79. The molecule has 0 saturated carbocycles. The molecule has 24 heavy (non-hydrogen) atoms. The molecule has 1 unspecified atom stereocenters. The van der Waals surface area contributed by atoms with Gasteiger partial charge in [-0.05, 0) is 57.8 Å². The Bertz CT molecular complexity index is 545. The molecule has 0 aromatic heterocycles. The minimum absolute atomic E-state index is 0. The molecule has 1 fully saturated rings. The number of nitrogens with one attached hydrogen (secondary N) is 4. The summed E-state index contributed by atoms with van der Waals surface area (Å²) in [6, 6.07) is 6.77. The van der Waals surface area contributed by atoms with Crippen LogP contribution in [-0.4, -0.2) is 37.6 Å². The number of carbonyl (C=O) groups excluding carboxylic acids is 2. The maximum Gasteiger partial charge on any atom is 0.319 e. The normalized spacial score (nSPS) is 16.4. The second kappa shape index (κ2) is 10.2. The standard InChI is InChI=1S/C17H26N4O2.ClH/c1-12(2)20-17(23)21-15-6-4-3-5-14(15)16(22)19-10-8-13-7-9-18-11-13;/h3-6,12-13,18H,7-11H2,1-2H3,(H,19,22)(H2,20,21,23);1H. The SMILES string of the molecule is CC(C)NC(=O)Nc1ccccc1C(=O)NCCC1CCNC1.Cl. The van der Waals surface area contributed by atoms with E-state index in [0.717, 1.165) is 19.5 Å². The van der Waals surface area contributed by atoms with Crippen molar-refractivity contribution in [2.75, 3.05) is 25.0 Å². The summed E-state index contributed by atoms with van der Waals surface area (Å²) in [6.07, 6.45) is 2.14. The monoisotopic (exact) mass is 354 g/mol. The van der Waals surface area contributed by atoms with E-state index >= 15 is 0 Å². The third-order valence-corrected chi connectivity index (χ3v) is 3.84. The van der Waals surface area contributed by atoms with Gasteiger partial charge < -0.3 is 21.3 Å². The number of rotatable bonds is 6. The molecule has 1 atom stereocenters. The second-order valence-electron chi connectivity index (χ2n) is 6.20. The molecule has 0 spiro atoms. The zero-order valence-electron chi connectivity index (χ0n) is 14.2. The van der Waals surface area contributed by atoms with Gasteiger partial charge in [-0.2, -0.15) is 0 Å². The topological polar surface area (TPSA) is 82.3 Å². The molecule has 4 N–H and O–H groups in total. The summed E-state index contributed by atoms with van der Waals surface area (Å²) < 4.78 is 0. The molecule has 134 valence electrons. The highest BCUT2D eigenvalue weighted by molar-refractivity contribution is 6.03. The van der Waals surface area contributed by atoms with E-state index in [1.807, 2.05) is 13.8 Å². The largest absolute Gasteiger partial charge is 0.352 e. The lowest BCUT2D eigenvalue weighted by Gasteiger charge is -2.14. The lowest BCUT2D eigenvalue weighted by atomic mass is 10.1. The highest BCUT2D eigenvalue weighted by Gasteiger charge is 2.16. The summed E-state index contributed by atoms with van der Waals surface area (Å²) in [5, 5.41) is 11.7. The van der Waals surface area contributed by atoms with E-state index < -0.39 is 0 Å². The second-order valence-corrected chi connectivity index (χ2v) is 6.20. The fourth-order valence-corrected chi connectivity index (χ4v) is 2.66. The molecule has 7 heteroatoms. The van der Waals surface area contributed by atoms with Gasteiger partial charge in [0.25, 0.3) is 5.91 Å². The summed E-state index contributed by atoms with van der Waals surface area (Å²) >= 11 is 0. The summed E-state index contributed by atoms with van der Waals surface area (Å²) in [7, 11) is 0. The van der Waals surface area contributed by atoms with Crippen molar-refractivity contribution in [3.8, 4) is 0 Å². The number of halogens is 1. The molecule has 6 nitrogen and oxygen atoms in total. The summed E-state index contributed by atoms with van der Waals surface area (Å²) in [5.74, 6) is 0.483. The van der Waals surface area contributed by atoms with Crippen LogP contribution in [0.4, 0.5) is 10.5 Å². The van der Waals surface area contributed by atoms with Crippen LogP contribution in [0, 0.1) is 5.92 Å². The lowest BCUT2D eigenvalue weighted by molar-refractivity contribution is 0.0952. The summed E-state index contributed by atoms with van der Waals surface area (Å²) in [6.45, 7) is 6.52. The molecule has 0 aliphatic carbocycles. The van der Waals surface area contributed by atoms with Crippen LogP contribution in [0.3, 0.4) is 0 Å². The average Bonchev–Trinajstić information content (AvgIpc) is 3.00. The van der Waals surface area contributed by atoms with E-state index in [9.17, 15) is 9.59 Å². The maximum atomic E-state index is 12.3. The highest BCUT2D eigenvalue weighted by atomic mass is 35.5. The Morgan fingerprint density at radius 3 is 2.71 bits per heavy atom. The van der Waals surface area contributed by atoms with Crippen LogP contribution in [0.2, 0.25) is 0 Å². The fourth-order valence-electron chi connectivity index (χ4n) is 2.66. The van der Waals surface area contributed by atoms with Crippen molar-refractivity contribution in [2.24, 2.45) is 5.92 Å². The first-order valence-electron chi connectivity index (χ1n) is 8.21. The predicted octanol–water partition coefficient (Wildman–Crippen LogP) is 2.37. The van der Waals surface area contributed by atoms with Gasteiger partial charge >= 0.3 is 6.03 Å². The molecular formula is C17H27ClN4O2. The zero-order valence-corrected chi connectivity index (χ0v) is 15.0. The quantitative estimate of drug-likeness (QED) is 0.633. The van der Waals surface area contributed by atoms with Gasteiger partial charge in [0.1, 0.15) is 0 Å². The number of hydrogen-bond acceptors (Lipinski definition) is 3. The van der Waals surface area contributed by atoms with Gasteiger partial charge in [-0.3, -0.25) is 4.79 Å². The van der Waals surface area contributed by atoms with Crippen molar-refractivity contribution in [1.82, 2.24) is 16.0 Å². The molecule has 0 bridgehead atoms. The van der Waals surface area contributed by atoms with Gasteiger partial charge in [0.05, 0.1) is 11.3 Å². The van der Waals surface area contributed by atoms with E-state index in [4.69, 9.17) is 0 Å². The Kier molecular flexibility index (Phi) is 8.57. The third kappa shape index (κ3) is 6.37. The lowest BCUT2D eigenvalue weighted by Crippen LogP contribution is -2.35. The number of hydrogen-bond donors (Lipinski definition) is 4. The van der Waals surface area contributed by atoms with Crippen LogP contribution < -0.4 is 21.3 Å². The Morgan fingerprint density at radius 2 is 2.04 bits per heavy atom. The molecule has 1 aliphatic rings. The van der Waals surface area contributed by atoms with Gasteiger partial charge in [-0.25, -0.2) is 4.79 Å². The summed E-state index contributed by atoms with van der Waals surface area (Å²) in [4.78, 5) is 24.2. The molecule has 0 radical (unpaired) electrons. The maximum absolute atomic E-state index is 12.3. The first-order chi connectivity index (χ1) is 11.1. The molecule has 3 amide bonds.